The highest BCUT2D eigenvalue weighted by atomic mass is 35.5. The van der Waals surface area contributed by atoms with Gasteiger partial charge in [0.1, 0.15) is 39.8 Å². The van der Waals surface area contributed by atoms with Gasteiger partial charge in [0.25, 0.3) is 20.7 Å². The number of anilines is 1. The summed E-state index contributed by atoms with van der Waals surface area (Å²) in [7, 11) is -6.14. The summed E-state index contributed by atoms with van der Waals surface area (Å²) in [6.07, 6.45) is -3.05. The van der Waals surface area contributed by atoms with Gasteiger partial charge in [-0.15, -0.1) is 21.8 Å². The Morgan fingerprint density at radius 1 is 0.823 bits per heavy atom. The highest BCUT2D eigenvalue weighted by molar-refractivity contribution is 7.92. The maximum atomic E-state index is 14.2. The number of ether oxygens (including phenoxy) is 3. The van der Waals surface area contributed by atoms with Crippen LogP contribution in [0.2, 0.25) is 5.02 Å². The zero-order chi connectivity index (χ0) is 70.9. The minimum Gasteiger partial charge on any atom is -0.467 e. The Bertz CT molecular complexity index is 4720. The van der Waals surface area contributed by atoms with Crippen LogP contribution in [0.5, 0.6) is 6.01 Å². The van der Waals surface area contributed by atoms with Gasteiger partial charge in [0, 0.05) is 47.1 Å². The predicted octanol–water partition coefficient (Wildman–Crippen LogP) is 9.54. The molecule has 0 saturated heterocycles. The smallest absolute Gasteiger partial charge is 0.416 e. The number of hydrogen-bond acceptors (Lipinski definition) is 18. The average Bonchev–Trinajstić information content (AvgIpc) is 1.51. The van der Waals surface area contributed by atoms with E-state index < -0.39 is 128 Å². The van der Waals surface area contributed by atoms with E-state index in [-0.39, 0.29) is 57.0 Å². The number of ketones is 1. The van der Waals surface area contributed by atoms with E-state index in [2.05, 4.69) is 30.4 Å². The van der Waals surface area contributed by atoms with Crippen LogP contribution in [0.1, 0.15) is 76.5 Å². The number of para-hydroxylation sites is 1. The topological polar surface area (TPSA) is 301 Å². The molecule has 4 aromatic heterocycles. The number of nitrogens with zero attached hydrogens (tertiary/aromatic N) is 9. The van der Waals surface area contributed by atoms with E-state index in [9.17, 15) is 80.3 Å². The molecule has 1 aliphatic heterocycles. The summed E-state index contributed by atoms with van der Waals surface area (Å²) in [6, 6.07) is 26.0. The summed E-state index contributed by atoms with van der Waals surface area (Å²) in [6.45, 7) is 3.33. The maximum absolute atomic E-state index is 14.2. The number of nitrogens with one attached hydrogen (secondary N) is 2. The molecule has 9 aromatic rings. The fraction of sp³-hybridized carbons (Fsp3) is 0.254. The zero-order valence-electron chi connectivity index (χ0n) is 50.8. The Labute approximate surface area is 547 Å². The number of carbonyl (C=O) groups excluding carboxylic acids is 3. The van der Waals surface area contributed by atoms with Crippen molar-refractivity contribution in [1.82, 2.24) is 43.7 Å². The zero-order valence-corrected chi connectivity index (χ0v) is 53.9. The van der Waals surface area contributed by atoms with Crippen LogP contribution in [0.25, 0.3) is 11.3 Å². The van der Waals surface area contributed by atoms with E-state index in [1.54, 1.807) is 18.6 Å². The second-order valence-electron chi connectivity index (χ2n) is 20.0. The summed E-state index contributed by atoms with van der Waals surface area (Å²) < 4.78 is 186. The Morgan fingerprint density at radius 2 is 1.43 bits per heavy atom. The van der Waals surface area contributed by atoms with E-state index in [0.717, 1.165) is 58.4 Å². The van der Waals surface area contributed by atoms with Gasteiger partial charge in [-0.25, -0.2) is 45.1 Å². The normalized spacial score (nSPS) is 13.0. The Morgan fingerprint density at radius 3 is 1.95 bits per heavy atom. The van der Waals surface area contributed by atoms with E-state index in [4.69, 9.17) is 42.3 Å². The van der Waals surface area contributed by atoms with E-state index >= 15 is 0 Å². The fourth-order valence-electron chi connectivity index (χ4n) is 9.03. The largest absolute Gasteiger partial charge is 0.467 e. The van der Waals surface area contributed by atoms with E-state index in [0.29, 0.717) is 46.3 Å². The van der Waals surface area contributed by atoms with Crippen LogP contribution in [0, 0.1) is 37.1 Å². The van der Waals surface area contributed by atoms with Crippen molar-refractivity contribution in [3.63, 3.8) is 0 Å². The van der Waals surface area contributed by atoms with Gasteiger partial charge in [-0.05, 0) is 75.7 Å². The number of esters is 2. The molecule has 24 nitrogen and oxygen atoms in total. The first kappa shape index (κ1) is 73.5. The number of oxime groups is 1. The van der Waals surface area contributed by atoms with E-state index in [1.807, 2.05) is 60.7 Å². The predicted molar refractivity (Wildman–Crippen MR) is 325 cm³/mol. The Kier molecular flexibility index (Phi) is 23.2. The lowest BCUT2D eigenvalue weighted by Crippen LogP contribution is -2.29. The number of rotatable bonds is 17. The van der Waals surface area contributed by atoms with Gasteiger partial charge in [0.2, 0.25) is 5.78 Å². The molecule has 0 spiro atoms. The van der Waals surface area contributed by atoms with E-state index in [1.165, 1.54) is 28.0 Å². The first-order valence-corrected chi connectivity index (χ1v) is 31.7. The summed E-state index contributed by atoms with van der Waals surface area (Å²) >= 11 is 11.9. The molecule has 37 heteroatoms. The summed E-state index contributed by atoms with van der Waals surface area (Å²) in [5.74, 6) is -6.52. The lowest BCUT2D eigenvalue weighted by molar-refractivity contribution is -0.142. The van der Waals surface area contributed by atoms with Crippen LogP contribution < -0.4 is 20.7 Å². The second kappa shape index (κ2) is 30.3. The number of hydrogen-bond donors (Lipinski definition) is 2. The number of carbonyl (C=O) groups is 3. The SMILES string of the molecule is CCOC(=O)C(Cl)Cc1cc(-n2nc(C)n(C(F)F)c2=O)c(F)cc1Cl.CCOC(=O)C1=NOC(c2ccccc2)(c2ccccc2)C1.COc1ncc(F)c2nc(S(=O)(=O)Nc3c(F)cccc3F)nn12.Cc1[nH]n(C)c(=O)c1C(=O)c1ccc(C(F)(F)F)cc1S(C)(=O)=O. The molecule has 1 unspecified atom stereocenters. The van der Waals surface area contributed by atoms with Crippen LogP contribution in [0.4, 0.5) is 45.2 Å². The van der Waals surface area contributed by atoms with Crippen molar-refractivity contribution in [2.75, 3.05) is 31.3 Å². The standard InChI is InChI=1S/C18H17NO3.C15H14Cl2F3N3O3.C14H13F3N2O4S.C12H8F3N5O3S/c1-2-21-17(20)16-13-18(22-19-16,14-9-5-3-6-10-14)15-11-7-4-8-12-15;1-3-26-13(24)10(17)4-8-5-12(11(18)6-9(8)16)23-15(25)22(14(19)20)7(2)21-23;1-7-11(13(21)19(2)18-7)12(20)9-5-4-8(14(15,16)17)6-10(9)24(3,22)23;1-23-12-16-5-8(15)10-17-11(18-20(10)12)24(21,22)19-9-6(13)3-2-4-7(9)14/h3-12H,2,13H2,1H3;5-6,10,14H,3-4H2,1-2H3;4-6,18H,1-3H3;2-5,19H,1H3. The number of H-pyrrole nitrogens is 1. The molecule has 5 heterocycles. The molecular weight excluding hydrogens is 1380 g/mol. The number of methoxy groups -OCH3 is 1. The van der Waals surface area contributed by atoms with Crippen molar-refractivity contribution in [3.05, 3.63) is 209 Å². The van der Waals surface area contributed by atoms with Crippen LogP contribution >= 0.6 is 23.2 Å². The number of aryl methyl sites for hydroxylation is 3. The molecule has 96 heavy (non-hydrogen) atoms. The molecule has 5 aromatic carbocycles. The second-order valence-corrected chi connectivity index (χ2v) is 24.5. The Balaban J connectivity index is 0.000000181. The number of fused-ring (bicyclic) bond motifs is 1. The average molecular weight is 1430 g/mol. The number of aromatic amines is 1. The lowest BCUT2D eigenvalue weighted by atomic mass is 9.82. The molecular formula is C59H52Cl2F9N11O13S2. The van der Waals surface area contributed by atoms with Crippen molar-refractivity contribution in [1.29, 1.82) is 0 Å². The lowest BCUT2D eigenvalue weighted by Gasteiger charge is -2.27. The van der Waals surface area contributed by atoms with Gasteiger partial charge in [-0.1, -0.05) is 83.5 Å². The van der Waals surface area contributed by atoms with Gasteiger partial charge in [0.15, 0.2) is 38.4 Å². The van der Waals surface area contributed by atoms with Gasteiger partial charge in [-0.3, -0.25) is 28.9 Å². The summed E-state index contributed by atoms with van der Waals surface area (Å²) in [5, 5.41) is 11.7. The quantitative estimate of drug-likeness (QED) is 0.0371. The Hall–Kier alpha value is -9.87. The van der Waals surface area contributed by atoms with Gasteiger partial charge < -0.3 is 19.0 Å². The molecule has 0 fully saturated rings. The number of sulfonamides is 1. The minimum atomic E-state index is -4.76. The van der Waals surface area contributed by atoms with Crippen LogP contribution in [0.15, 0.2) is 140 Å². The molecule has 0 aliphatic carbocycles. The third-order valence-electron chi connectivity index (χ3n) is 13.5. The van der Waals surface area contributed by atoms with Crippen LogP contribution in [0.3, 0.4) is 0 Å². The maximum Gasteiger partial charge on any atom is 0.416 e. The molecule has 0 amide bonds. The molecule has 510 valence electrons. The van der Waals surface area contributed by atoms with Crippen LogP contribution in [-0.2, 0) is 69.0 Å². The number of alkyl halides is 6. The first-order valence-electron chi connectivity index (χ1n) is 27.5. The fourth-order valence-corrected chi connectivity index (χ4v) is 11.3. The van der Waals surface area contributed by atoms with Gasteiger partial charge in [0.05, 0.1) is 43.4 Å². The number of benzene rings is 5. The molecule has 10 rings (SSSR count). The number of aromatic nitrogens is 9. The number of sulfone groups is 1. The van der Waals surface area contributed by atoms with Crippen molar-refractivity contribution in [3.8, 4) is 11.7 Å². The molecule has 0 bridgehead atoms. The summed E-state index contributed by atoms with van der Waals surface area (Å²) in [5.41, 5.74) is -3.78. The molecule has 1 aliphatic rings. The molecule has 0 saturated carbocycles. The highest BCUT2D eigenvalue weighted by Crippen LogP contribution is 2.41. The monoisotopic (exact) mass is 1430 g/mol. The third-order valence-corrected chi connectivity index (χ3v) is 16.4. The first-order chi connectivity index (χ1) is 45.1. The van der Waals surface area contributed by atoms with Crippen molar-refractivity contribution < 1.29 is 89.8 Å². The van der Waals surface area contributed by atoms with Gasteiger partial charge >= 0.3 is 36.4 Å². The molecule has 1 atom stereocenters. The van der Waals surface area contributed by atoms with Crippen molar-refractivity contribution in [2.45, 2.75) is 74.3 Å². The molecule has 2 N–H and O–H groups in total. The minimum absolute atomic E-state index is 0.0424. The summed E-state index contributed by atoms with van der Waals surface area (Å²) in [4.78, 5) is 72.3. The highest BCUT2D eigenvalue weighted by Gasteiger charge is 2.45. The van der Waals surface area contributed by atoms with Gasteiger partial charge in [-0.2, -0.15) is 44.6 Å². The molecule has 0 radical (unpaired) electrons. The van der Waals surface area contributed by atoms with Crippen molar-refractivity contribution >= 4 is 77.8 Å². The van der Waals surface area contributed by atoms with Crippen LogP contribution in [-0.4, -0.2) is 116 Å². The van der Waals surface area contributed by atoms with Crippen molar-refractivity contribution in [2.24, 2.45) is 12.2 Å². The number of halogens is 11. The third kappa shape index (κ3) is 16.4.